The number of fused-ring (bicyclic) bond motifs is 1. The molecule has 0 bridgehead atoms. The Morgan fingerprint density at radius 3 is 1.35 bits per heavy atom. The van der Waals surface area contributed by atoms with Crippen molar-refractivity contribution >= 4 is 105 Å². The number of aromatic amines is 1. The van der Waals surface area contributed by atoms with Gasteiger partial charge in [-0.2, -0.15) is 0 Å². The van der Waals surface area contributed by atoms with Gasteiger partial charge >= 0.3 is 11.9 Å². The van der Waals surface area contributed by atoms with Crippen LogP contribution in [0.4, 0.5) is 0 Å². The van der Waals surface area contributed by atoms with E-state index in [1.165, 1.54) is 13.1 Å². The average molecular weight is 1490 g/mol. The molecule has 0 saturated heterocycles. The summed E-state index contributed by atoms with van der Waals surface area (Å²) in [5, 5.41) is 72.3. The van der Waals surface area contributed by atoms with E-state index in [1.807, 2.05) is 0 Å². The fourth-order valence-electron chi connectivity index (χ4n) is 10.6. The summed E-state index contributed by atoms with van der Waals surface area (Å²) in [6, 6.07) is -3.43. The molecule has 0 unspecified atom stereocenters. The Morgan fingerprint density at radius 2 is 0.849 bits per heavy atom. The standard InChI is InChI=1S/C68H104N18O20/c1-8-36(6)56(67(104)75-37(7)68(105)106)86-66(103)55(35(4)5)85-60(97)43(18-19-53(92)93)77-61(98)47(26-38-14-10-9-11-15-38)81-59(96)46(22-25-71)78-58(95)45(21-24-70)79-64(101)50(33-88)83-62(99)48(27-39-30-73-42-17-13-12-16-41(39)42)82-63(100)49(32-87)76-52(91)31-74-57(94)44(20-23-69)80-65(102)54(34(2)3)84-51(90)28-40(89)29-72/h9-17,30,34-37,43-50,54-56,73,87-88H,8,18-29,31-33,69-72H2,1-7H3,(H,74,94)(H,75,104)(H,76,91)(H,77,98)(H,78,95)(H,79,101)(H,80,102)(H,81,96)(H,82,100)(H,83,99)(H,84,90)(H,85,97)(H,86,103)(H,92,93)(H,105,106)/t36-,37-,43-,44+,45-,46+,47-,48+,49+,50-,54+,55-,56+/m0/s1. The minimum atomic E-state index is -1.89. The summed E-state index contributed by atoms with van der Waals surface area (Å²) in [6.45, 7) is 6.77. The number of amides is 13. The van der Waals surface area contributed by atoms with Crippen molar-refractivity contribution in [3.05, 3.63) is 71.9 Å². The number of carboxylic acids is 2. The highest BCUT2D eigenvalue weighted by molar-refractivity contribution is 6.02. The first-order valence-electron chi connectivity index (χ1n) is 34.6. The van der Waals surface area contributed by atoms with Gasteiger partial charge in [0.2, 0.25) is 76.8 Å². The molecule has 3 aromatic rings. The number of carboxylic acid groups (broad SMARTS) is 2. The normalized spacial score (nSPS) is 14.9. The number of para-hydroxylation sites is 1. The second kappa shape index (κ2) is 45.6. The van der Waals surface area contributed by atoms with Gasteiger partial charge in [-0.1, -0.05) is 96.5 Å². The molecule has 0 aliphatic heterocycles. The Balaban J connectivity index is 1.87. The molecule has 3 rings (SSSR count). The Labute approximate surface area is 611 Å². The number of aromatic nitrogens is 1. The van der Waals surface area contributed by atoms with Crippen molar-refractivity contribution in [3.63, 3.8) is 0 Å². The lowest BCUT2D eigenvalue weighted by Gasteiger charge is -2.30. The quantitative estimate of drug-likeness (QED) is 0.0234. The maximum absolute atomic E-state index is 14.5. The van der Waals surface area contributed by atoms with Crippen molar-refractivity contribution in [2.45, 2.75) is 179 Å². The molecular weight excluding hydrogens is 1390 g/mol. The number of hydrogen-bond donors (Lipinski definition) is 22. The van der Waals surface area contributed by atoms with Gasteiger partial charge in [-0.15, -0.1) is 0 Å². The predicted molar refractivity (Wildman–Crippen MR) is 382 cm³/mol. The number of H-pyrrole nitrogens is 1. The summed E-state index contributed by atoms with van der Waals surface area (Å²) in [7, 11) is 0. The first kappa shape index (κ1) is 89.7. The number of carbonyl (C=O) groups excluding carboxylic acids is 14. The number of aliphatic hydroxyl groups excluding tert-OH is 2. The Morgan fingerprint density at radius 1 is 0.434 bits per heavy atom. The molecule has 0 radical (unpaired) electrons. The van der Waals surface area contributed by atoms with Gasteiger partial charge in [0.05, 0.1) is 32.7 Å². The average Bonchev–Trinajstić information content (AvgIpc) is 1.65. The maximum Gasteiger partial charge on any atom is 0.325 e. The Bertz CT molecular complexity index is 3520. The number of ketones is 1. The van der Waals surface area contributed by atoms with Gasteiger partial charge < -0.3 is 117 Å². The van der Waals surface area contributed by atoms with E-state index in [2.05, 4.69) is 74.1 Å². The lowest BCUT2D eigenvalue weighted by atomic mass is 9.96. The van der Waals surface area contributed by atoms with E-state index in [1.54, 1.807) is 96.1 Å². The van der Waals surface area contributed by atoms with E-state index in [4.69, 9.17) is 22.9 Å². The molecule has 0 aliphatic rings. The van der Waals surface area contributed by atoms with Crippen molar-refractivity contribution in [3.8, 4) is 0 Å². The number of benzene rings is 2. The third-order valence-corrected chi connectivity index (χ3v) is 16.9. The van der Waals surface area contributed by atoms with Gasteiger partial charge in [0, 0.05) is 36.4 Å². The first-order chi connectivity index (χ1) is 50.2. The minimum Gasteiger partial charge on any atom is -0.481 e. The Kier molecular flexibility index (Phi) is 38.6. The van der Waals surface area contributed by atoms with E-state index in [0.29, 0.717) is 28.5 Å². The molecule has 26 N–H and O–H groups in total. The van der Waals surface area contributed by atoms with E-state index in [9.17, 15) is 97.1 Å². The van der Waals surface area contributed by atoms with Crippen LogP contribution in [0.5, 0.6) is 0 Å². The summed E-state index contributed by atoms with van der Waals surface area (Å²) in [5.74, 6) is -17.9. The van der Waals surface area contributed by atoms with Gasteiger partial charge in [-0.25, -0.2) is 0 Å². The monoisotopic (exact) mass is 1490 g/mol. The maximum atomic E-state index is 14.5. The molecule has 0 spiro atoms. The zero-order valence-electron chi connectivity index (χ0n) is 60.4. The smallest absolute Gasteiger partial charge is 0.325 e. The zero-order chi connectivity index (χ0) is 79.5. The first-order valence-corrected chi connectivity index (χ1v) is 34.6. The lowest BCUT2D eigenvalue weighted by Crippen LogP contribution is -2.62. The number of carbonyl (C=O) groups is 16. The van der Waals surface area contributed by atoms with Crippen LogP contribution in [0.2, 0.25) is 0 Å². The van der Waals surface area contributed by atoms with E-state index < -0.39 is 230 Å². The summed E-state index contributed by atoms with van der Waals surface area (Å²) >= 11 is 0. The molecule has 0 saturated carbocycles. The second-order valence-electron chi connectivity index (χ2n) is 25.9. The van der Waals surface area contributed by atoms with E-state index in [0.717, 1.165) is 0 Å². The van der Waals surface area contributed by atoms with Gasteiger partial charge in [0.1, 0.15) is 72.5 Å². The van der Waals surface area contributed by atoms with Crippen molar-refractivity contribution in [1.29, 1.82) is 0 Å². The molecule has 1 aromatic heterocycles. The van der Waals surface area contributed by atoms with Crippen LogP contribution in [0.15, 0.2) is 60.8 Å². The number of aliphatic hydroxyl groups is 2. The third kappa shape index (κ3) is 29.5. The number of nitrogens with two attached hydrogens (primary N) is 4. The van der Waals surface area contributed by atoms with E-state index >= 15 is 0 Å². The number of rotatable bonds is 48. The van der Waals surface area contributed by atoms with E-state index in [-0.39, 0.29) is 51.7 Å². The highest BCUT2D eigenvalue weighted by atomic mass is 16.4. The van der Waals surface area contributed by atoms with Crippen molar-refractivity contribution in [1.82, 2.24) is 74.1 Å². The summed E-state index contributed by atoms with van der Waals surface area (Å²) in [6.07, 6.45) is -1.32. The molecule has 38 nitrogen and oxygen atoms in total. The van der Waals surface area contributed by atoms with Crippen LogP contribution in [0, 0.1) is 17.8 Å². The highest BCUT2D eigenvalue weighted by Crippen LogP contribution is 2.20. The molecule has 1 heterocycles. The van der Waals surface area contributed by atoms with Crippen molar-refractivity contribution in [2.24, 2.45) is 40.7 Å². The molecule has 106 heavy (non-hydrogen) atoms. The fraction of sp³-hybridized carbons (Fsp3) is 0.559. The van der Waals surface area contributed by atoms with Crippen LogP contribution in [-0.2, 0) is 89.6 Å². The molecule has 13 amide bonds. The van der Waals surface area contributed by atoms with Crippen LogP contribution in [0.1, 0.15) is 105 Å². The van der Waals surface area contributed by atoms with Gasteiger partial charge in [-0.3, -0.25) is 76.7 Å². The van der Waals surface area contributed by atoms with Crippen LogP contribution in [0.3, 0.4) is 0 Å². The van der Waals surface area contributed by atoms with Crippen LogP contribution in [-0.4, -0.2) is 238 Å². The largest absolute Gasteiger partial charge is 0.481 e. The highest BCUT2D eigenvalue weighted by Gasteiger charge is 2.38. The van der Waals surface area contributed by atoms with Crippen LogP contribution in [0.25, 0.3) is 10.9 Å². The fourth-order valence-corrected chi connectivity index (χ4v) is 10.6. The van der Waals surface area contributed by atoms with Gasteiger partial charge in [-0.05, 0) is 87.2 Å². The van der Waals surface area contributed by atoms with Crippen molar-refractivity contribution < 1.29 is 97.1 Å². The minimum absolute atomic E-state index is 0.134. The molecule has 586 valence electrons. The van der Waals surface area contributed by atoms with Gasteiger partial charge in [0.15, 0.2) is 5.78 Å². The van der Waals surface area contributed by atoms with Crippen LogP contribution >= 0.6 is 0 Å². The van der Waals surface area contributed by atoms with Crippen molar-refractivity contribution in [2.75, 3.05) is 45.9 Å². The third-order valence-electron chi connectivity index (χ3n) is 16.9. The number of nitrogens with one attached hydrogen (secondary N) is 14. The zero-order valence-corrected chi connectivity index (χ0v) is 60.4. The summed E-state index contributed by atoms with van der Waals surface area (Å²) in [4.78, 5) is 218. The summed E-state index contributed by atoms with van der Waals surface area (Å²) < 4.78 is 0. The topological polar surface area (TPSA) is 630 Å². The number of hydrogen-bond acceptors (Lipinski definition) is 22. The second-order valence-corrected chi connectivity index (χ2v) is 25.9. The SMILES string of the molecule is CC[C@H](C)[C@@H](NC(=O)[C@@H](NC(=O)[C@H](CCC(=O)O)NC(=O)[C@H](Cc1ccccc1)NC(=O)[C@@H](CCN)NC(=O)[C@H](CCN)NC(=O)[C@H](CO)NC(=O)[C@@H](Cc1c[nH]c2ccccc12)NC(=O)[C@@H](CO)NC(=O)CNC(=O)[C@@H](CCN)NC(=O)[C@H](NC(=O)CC(=O)CN)C(C)C)C(C)C)C(=O)N[C@@H](C)C(=O)O. The molecule has 2 aromatic carbocycles. The molecular formula is C68H104N18O20. The number of aliphatic carboxylic acids is 2. The lowest BCUT2D eigenvalue weighted by molar-refractivity contribution is -0.142. The van der Waals surface area contributed by atoms with Gasteiger partial charge in [0.25, 0.3) is 0 Å². The van der Waals surface area contributed by atoms with Crippen LogP contribution < -0.4 is 92.1 Å². The molecule has 0 aliphatic carbocycles. The predicted octanol–water partition coefficient (Wildman–Crippen LogP) is -6.84. The summed E-state index contributed by atoms with van der Waals surface area (Å²) in [5.41, 5.74) is 24.4. The molecule has 13 atom stereocenters. The molecule has 38 heteroatoms. The molecule has 0 fully saturated rings. The Hall–Kier alpha value is -10.5. The number of Topliss-reactive ketones (excluding diaryl/α,β-unsaturated/α-hetero) is 1.